The van der Waals surface area contributed by atoms with Crippen LogP contribution in [-0.2, 0) is 16.3 Å². The van der Waals surface area contributed by atoms with Crippen LogP contribution in [-0.4, -0.2) is 13.7 Å². The molecule has 0 bridgehead atoms. The molecule has 0 amide bonds. The van der Waals surface area contributed by atoms with Crippen molar-refractivity contribution in [1.82, 2.24) is 0 Å². The first-order valence-electron chi connectivity index (χ1n) is 6.28. The third-order valence-corrected chi connectivity index (χ3v) is 5.08. The van der Waals surface area contributed by atoms with Crippen LogP contribution < -0.4 is 0 Å². The summed E-state index contributed by atoms with van der Waals surface area (Å²) in [5, 5.41) is 8.15. The summed E-state index contributed by atoms with van der Waals surface area (Å²) in [5.41, 5.74) is 1.83. The van der Waals surface area contributed by atoms with Crippen LogP contribution in [0.15, 0.2) is 59.5 Å². The molecule has 0 aliphatic rings. The first-order valence-corrected chi connectivity index (χ1v) is 7.83. The Morgan fingerprint density at radius 2 is 1.65 bits per heavy atom. The lowest BCUT2D eigenvalue weighted by molar-refractivity contribution is 0.588. The molecular formula is C16H15NO2S. The third kappa shape index (κ3) is 3.06. The Bertz CT molecular complexity index is 713. The van der Waals surface area contributed by atoms with Crippen LogP contribution in [0.5, 0.6) is 0 Å². The molecule has 2 aromatic carbocycles. The Morgan fingerprint density at radius 3 is 2.20 bits per heavy atom. The van der Waals surface area contributed by atoms with Gasteiger partial charge in [0.25, 0.3) is 0 Å². The molecular weight excluding hydrogens is 270 g/mol. The van der Waals surface area contributed by atoms with Crippen molar-refractivity contribution in [3.8, 4) is 6.07 Å². The van der Waals surface area contributed by atoms with Gasteiger partial charge in [0.15, 0.2) is 15.1 Å². The van der Waals surface area contributed by atoms with Gasteiger partial charge in [-0.25, -0.2) is 8.42 Å². The van der Waals surface area contributed by atoms with E-state index >= 15 is 0 Å². The summed E-state index contributed by atoms with van der Waals surface area (Å²) >= 11 is 0. The quantitative estimate of drug-likeness (QED) is 0.868. The van der Waals surface area contributed by atoms with Crippen LogP contribution in [0.25, 0.3) is 0 Å². The van der Waals surface area contributed by atoms with Crippen molar-refractivity contribution in [2.45, 2.75) is 23.5 Å². The average Bonchev–Trinajstić information content (AvgIpc) is 2.46. The molecule has 0 heterocycles. The van der Waals surface area contributed by atoms with Crippen molar-refractivity contribution in [2.24, 2.45) is 0 Å². The summed E-state index contributed by atoms with van der Waals surface area (Å²) in [6, 6.07) is 17.7. The molecule has 0 saturated carbocycles. The molecule has 0 spiro atoms. The van der Waals surface area contributed by atoms with Gasteiger partial charge < -0.3 is 0 Å². The van der Waals surface area contributed by atoms with Gasteiger partial charge in [-0.05, 0) is 24.6 Å². The van der Waals surface area contributed by atoms with Crippen LogP contribution in [0.4, 0.5) is 0 Å². The third-order valence-electron chi connectivity index (χ3n) is 3.13. The fourth-order valence-corrected chi connectivity index (χ4v) is 3.34. The van der Waals surface area contributed by atoms with E-state index in [-0.39, 0.29) is 11.3 Å². The fraction of sp³-hybridized carbons (Fsp3) is 0.188. The standard InChI is InChI=1S/C16H15NO2S/c1-13-7-9-15(10-8-13)20(18,19)16(12-17)11-14-5-3-2-4-6-14/h2-10,16H,11H2,1H3. The van der Waals surface area contributed by atoms with Crippen LogP contribution in [0, 0.1) is 18.3 Å². The summed E-state index contributed by atoms with van der Waals surface area (Å²) in [5.74, 6) is 0. The van der Waals surface area contributed by atoms with Crippen LogP contribution >= 0.6 is 0 Å². The van der Waals surface area contributed by atoms with Crippen molar-refractivity contribution in [3.63, 3.8) is 0 Å². The molecule has 0 fully saturated rings. The molecule has 3 nitrogen and oxygen atoms in total. The maximum Gasteiger partial charge on any atom is 0.194 e. The second-order valence-corrected chi connectivity index (χ2v) is 6.80. The van der Waals surface area contributed by atoms with Crippen molar-refractivity contribution in [1.29, 1.82) is 5.26 Å². The summed E-state index contributed by atoms with van der Waals surface area (Å²) in [4.78, 5) is 0.200. The maximum absolute atomic E-state index is 12.5. The van der Waals surface area contributed by atoms with E-state index in [0.29, 0.717) is 0 Å². The molecule has 102 valence electrons. The lowest BCUT2D eigenvalue weighted by Gasteiger charge is -2.11. The van der Waals surface area contributed by atoms with Crippen molar-refractivity contribution >= 4 is 9.84 Å². The number of benzene rings is 2. The Kier molecular flexibility index (Phi) is 4.21. The van der Waals surface area contributed by atoms with E-state index in [1.54, 1.807) is 24.3 Å². The molecule has 20 heavy (non-hydrogen) atoms. The summed E-state index contributed by atoms with van der Waals surface area (Å²) in [6.07, 6.45) is 0.202. The topological polar surface area (TPSA) is 57.9 Å². The molecule has 0 aliphatic heterocycles. The molecule has 2 rings (SSSR count). The molecule has 0 radical (unpaired) electrons. The highest BCUT2D eigenvalue weighted by molar-refractivity contribution is 7.92. The summed E-state index contributed by atoms with van der Waals surface area (Å²) in [7, 11) is -3.63. The molecule has 0 N–H and O–H groups in total. The van der Waals surface area contributed by atoms with E-state index in [1.165, 1.54) is 0 Å². The normalized spacial score (nSPS) is 12.6. The summed E-state index contributed by atoms with van der Waals surface area (Å²) in [6.45, 7) is 1.89. The minimum absolute atomic E-state index is 0.200. The maximum atomic E-state index is 12.5. The van der Waals surface area contributed by atoms with E-state index in [9.17, 15) is 13.7 Å². The minimum atomic E-state index is -3.63. The largest absolute Gasteiger partial charge is 0.222 e. The highest BCUT2D eigenvalue weighted by atomic mass is 32.2. The van der Waals surface area contributed by atoms with Gasteiger partial charge in [0.05, 0.1) is 11.0 Å². The van der Waals surface area contributed by atoms with Crippen molar-refractivity contribution < 1.29 is 8.42 Å². The Balaban J connectivity index is 2.31. The fourth-order valence-electron chi connectivity index (χ4n) is 1.95. The van der Waals surface area contributed by atoms with Crippen molar-refractivity contribution in [3.05, 3.63) is 65.7 Å². The zero-order valence-electron chi connectivity index (χ0n) is 11.2. The SMILES string of the molecule is Cc1ccc(S(=O)(=O)C(C#N)Cc2ccccc2)cc1. The van der Waals surface area contributed by atoms with E-state index in [4.69, 9.17) is 0 Å². The second-order valence-electron chi connectivity index (χ2n) is 4.67. The van der Waals surface area contributed by atoms with E-state index in [1.807, 2.05) is 43.3 Å². The van der Waals surface area contributed by atoms with E-state index < -0.39 is 15.1 Å². The lowest BCUT2D eigenvalue weighted by Crippen LogP contribution is -2.22. The van der Waals surface area contributed by atoms with Crippen LogP contribution in [0.3, 0.4) is 0 Å². The van der Waals surface area contributed by atoms with Gasteiger partial charge in [0.1, 0.15) is 0 Å². The Morgan fingerprint density at radius 1 is 1.05 bits per heavy atom. The van der Waals surface area contributed by atoms with Gasteiger partial charge in [-0.15, -0.1) is 0 Å². The number of nitriles is 1. The van der Waals surface area contributed by atoms with Gasteiger partial charge in [-0.3, -0.25) is 0 Å². The molecule has 1 atom stereocenters. The minimum Gasteiger partial charge on any atom is -0.222 e. The van der Waals surface area contributed by atoms with Gasteiger partial charge in [0, 0.05) is 6.42 Å². The molecule has 1 unspecified atom stereocenters. The average molecular weight is 285 g/mol. The van der Waals surface area contributed by atoms with Gasteiger partial charge >= 0.3 is 0 Å². The van der Waals surface area contributed by atoms with Gasteiger partial charge in [-0.2, -0.15) is 5.26 Å². The van der Waals surface area contributed by atoms with E-state index in [2.05, 4.69) is 0 Å². The molecule has 0 saturated heterocycles. The monoisotopic (exact) mass is 285 g/mol. The predicted molar refractivity (Wildman–Crippen MR) is 77.9 cm³/mol. The highest BCUT2D eigenvalue weighted by Crippen LogP contribution is 2.19. The molecule has 0 aromatic heterocycles. The van der Waals surface area contributed by atoms with Crippen LogP contribution in [0.1, 0.15) is 11.1 Å². The zero-order chi connectivity index (χ0) is 14.6. The number of hydrogen-bond acceptors (Lipinski definition) is 3. The molecule has 0 aliphatic carbocycles. The number of nitrogens with zero attached hydrogens (tertiary/aromatic N) is 1. The van der Waals surface area contributed by atoms with Crippen molar-refractivity contribution in [2.75, 3.05) is 0 Å². The number of rotatable bonds is 4. The number of hydrogen-bond donors (Lipinski definition) is 0. The molecule has 2 aromatic rings. The second kappa shape index (κ2) is 5.89. The van der Waals surface area contributed by atoms with Gasteiger partial charge in [0.2, 0.25) is 0 Å². The first-order chi connectivity index (χ1) is 9.54. The molecule has 4 heteroatoms. The summed E-state index contributed by atoms with van der Waals surface area (Å²) < 4.78 is 24.9. The lowest BCUT2D eigenvalue weighted by atomic mass is 10.1. The van der Waals surface area contributed by atoms with Gasteiger partial charge in [-0.1, -0.05) is 48.0 Å². The predicted octanol–water partition coefficient (Wildman–Crippen LogP) is 2.90. The zero-order valence-corrected chi connectivity index (χ0v) is 12.0. The van der Waals surface area contributed by atoms with E-state index in [0.717, 1.165) is 11.1 Å². The highest BCUT2D eigenvalue weighted by Gasteiger charge is 2.27. The first kappa shape index (κ1) is 14.3. The van der Waals surface area contributed by atoms with Crippen LogP contribution in [0.2, 0.25) is 0 Å². The Hall–Kier alpha value is -2.12. The Labute approximate surface area is 119 Å². The smallest absolute Gasteiger partial charge is 0.194 e. The number of sulfone groups is 1. The number of aryl methyl sites for hydroxylation is 1.